The van der Waals surface area contributed by atoms with Crippen molar-refractivity contribution in [3.05, 3.63) is 170 Å². The summed E-state index contributed by atoms with van der Waals surface area (Å²) in [6.45, 7) is 2.48. The molecule has 82 heavy (non-hydrogen) atoms. The minimum atomic E-state index is -1.80. The van der Waals surface area contributed by atoms with Crippen molar-refractivity contribution in [1.29, 1.82) is 0 Å². The Hall–Kier alpha value is -4.65. The number of aliphatic hydroxyl groups is 8. The molecular weight excluding hydrogens is 1040 g/mol. The largest absolute Gasteiger partial charge is 0.394 e. The van der Waals surface area contributed by atoms with E-state index in [9.17, 15) is 45.6 Å². The minimum absolute atomic E-state index is 0.231. The lowest BCUT2D eigenvalue weighted by Gasteiger charge is -2.46. The van der Waals surface area contributed by atoms with Crippen LogP contribution in [0.5, 0.6) is 0 Å². The Morgan fingerprint density at radius 3 is 1.32 bits per heavy atom. The molecule has 12 unspecified atom stereocenters. The van der Waals surface area contributed by atoms with Crippen molar-refractivity contribution >= 4 is 5.91 Å². The Morgan fingerprint density at radius 2 is 0.854 bits per heavy atom. The highest BCUT2D eigenvalue weighted by atomic mass is 16.7. The summed E-state index contributed by atoms with van der Waals surface area (Å²) in [5.74, 6) is -0.288. The molecule has 0 spiro atoms. The topological polar surface area (TPSA) is 228 Å². The number of hydrogen-bond donors (Lipinski definition) is 9. The van der Waals surface area contributed by atoms with Crippen LogP contribution in [-0.4, -0.2) is 140 Å². The van der Waals surface area contributed by atoms with Gasteiger partial charge in [0, 0.05) is 6.42 Å². The van der Waals surface area contributed by atoms with Crippen LogP contribution in [0.4, 0.5) is 0 Å². The SMILES string of the molecule is CC/C=C\C/C=C\C/C=C\C/C=C\C/C=C\C/C=C\C/C=C\C/C=C\C/C=C\C/C=C\C/C=C\C/C=C\CCCCCCC(=O)NC(COC1OC(CO)C(OC2OC(CO)C(O)C(O)C2O)C(O)C1O)C(O)/C=C/CC/C=C/CCC. The molecule has 2 rings (SSSR count). The number of allylic oxidation sites excluding steroid dienone is 27. The number of ether oxygens (including phenoxy) is 4. The Kier molecular flexibility index (Phi) is 45.5. The molecule has 0 saturated carbocycles. The summed E-state index contributed by atoms with van der Waals surface area (Å²) < 4.78 is 22.6. The van der Waals surface area contributed by atoms with Gasteiger partial charge in [-0.25, -0.2) is 0 Å². The Bertz CT molecular complexity index is 2030. The fraction of sp³-hybridized carbons (Fsp3) is 0.574. The molecular formula is C68H105NO13. The van der Waals surface area contributed by atoms with Gasteiger partial charge in [0.1, 0.15) is 48.8 Å². The molecule has 14 heteroatoms. The van der Waals surface area contributed by atoms with E-state index in [1.165, 1.54) is 0 Å². The number of hydrogen-bond acceptors (Lipinski definition) is 13. The summed E-state index contributed by atoms with van der Waals surface area (Å²) in [5, 5.41) is 86.5. The molecule has 1 amide bonds. The third-order valence-corrected chi connectivity index (χ3v) is 13.4. The maximum atomic E-state index is 13.1. The van der Waals surface area contributed by atoms with Gasteiger partial charge in [-0.05, 0) is 116 Å². The predicted molar refractivity (Wildman–Crippen MR) is 331 cm³/mol. The Morgan fingerprint density at radius 1 is 0.451 bits per heavy atom. The van der Waals surface area contributed by atoms with Crippen molar-refractivity contribution < 1.29 is 64.6 Å². The van der Waals surface area contributed by atoms with Crippen molar-refractivity contribution in [2.75, 3.05) is 19.8 Å². The maximum Gasteiger partial charge on any atom is 0.220 e. The molecule has 0 aliphatic carbocycles. The third-order valence-electron chi connectivity index (χ3n) is 13.4. The molecule has 2 saturated heterocycles. The van der Waals surface area contributed by atoms with E-state index >= 15 is 0 Å². The van der Waals surface area contributed by atoms with Crippen LogP contribution in [0.25, 0.3) is 0 Å². The van der Waals surface area contributed by atoms with Gasteiger partial charge >= 0.3 is 0 Å². The standard InChI is InChI=1S/C68H105NO13/c1-3-5-7-9-11-12-13-14-15-16-17-18-19-20-21-22-23-24-25-26-27-28-29-30-31-32-33-34-35-36-37-38-39-40-41-42-43-44-46-48-50-52-60(73)69-56(57(72)51-49-47-45-10-8-6-4-2)55-79-67-65(78)63(76)66(59(54-71)81-67)82-68-64(77)62(75)61(74)58(53-70)80-68/h5,7-8,10-12,14-15,17-18,20-21,23-24,26-27,29-30,32-33,35-36,38-39,41-42,49,51,56-59,61-68,70-72,74-78H,3-4,6,9,13,16,19,22,25,28,31,34,37,40,43-48,50,52-55H2,1-2H3,(H,69,73)/b7-5-,10-8+,12-11-,15-14-,18-17-,21-20-,24-23-,27-26-,30-29-,33-32-,36-35-,39-38-,42-41-,51-49+. The molecule has 2 heterocycles. The van der Waals surface area contributed by atoms with Crippen LogP contribution in [-0.2, 0) is 23.7 Å². The third kappa shape index (κ3) is 35.5. The highest BCUT2D eigenvalue weighted by molar-refractivity contribution is 5.76. The van der Waals surface area contributed by atoms with Crippen LogP contribution in [0, 0.1) is 0 Å². The number of unbranched alkanes of at least 4 members (excludes halogenated alkanes) is 6. The van der Waals surface area contributed by atoms with E-state index in [2.05, 4.69) is 177 Å². The van der Waals surface area contributed by atoms with E-state index in [1.807, 2.05) is 6.08 Å². The lowest BCUT2D eigenvalue weighted by Crippen LogP contribution is -2.65. The van der Waals surface area contributed by atoms with Gasteiger partial charge in [-0.3, -0.25) is 4.79 Å². The number of aliphatic hydroxyl groups excluding tert-OH is 8. The smallest absolute Gasteiger partial charge is 0.220 e. The van der Waals surface area contributed by atoms with Crippen molar-refractivity contribution in [2.24, 2.45) is 0 Å². The summed E-state index contributed by atoms with van der Waals surface area (Å²) in [6, 6.07) is -0.955. The summed E-state index contributed by atoms with van der Waals surface area (Å²) in [5.41, 5.74) is 0. The monoisotopic (exact) mass is 1140 g/mol. The van der Waals surface area contributed by atoms with Gasteiger partial charge in [-0.15, -0.1) is 0 Å². The Balaban J connectivity index is 1.60. The van der Waals surface area contributed by atoms with Crippen molar-refractivity contribution in [3.8, 4) is 0 Å². The highest BCUT2D eigenvalue weighted by Crippen LogP contribution is 2.30. The van der Waals surface area contributed by atoms with E-state index in [4.69, 9.17) is 18.9 Å². The van der Waals surface area contributed by atoms with Crippen LogP contribution in [0.1, 0.15) is 155 Å². The van der Waals surface area contributed by atoms with Gasteiger partial charge in [0.05, 0.1) is 32.0 Å². The lowest BCUT2D eigenvalue weighted by atomic mass is 9.97. The van der Waals surface area contributed by atoms with E-state index < -0.39 is 86.8 Å². The summed E-state index contributed by atoms with van der Waals surface area (Å²) in [4.78, 5) is 13.1. The van der Waals surface area contributed by atoms with Crippen molar-refractivity contribution in [2.45, 2.75) is 229 Å². The maximum absolute atomic E-state index is 13.1. The van der Waals surface area contributed by atoms with Gasteiger partial charge in [0.25, 0.3) is 0 Å². The molecule has 14 nitrogen and oxygen atoms in total. The van der Waals surface area contributed by atoms with Crippen LogP contribution in [0.15, 0.2) is 170 Å². The molecule has 2 fully saturated rings. The number of rotatable bonds is 45. The van der Waals surface area contributed by atoms with E-state index in [-0.39, 0.29) is 18.9 Å². The average Bonchev–Trinajstić information content (AvgIpc) is 3.65. The normalized spacial score (nSPS) is 25.2. The lowest BCUT2D eigenvalue weighted by molar-refractivity contribution is -0.359. The zero-order valence-electron chi connectivity index (χ0n) is 49.4. The molecule has 12 atom stereocenters. The van der Waals surface area contributed by atoms with Gasteiger partial charge in [0.15, 0.2) is 12.6 Å². The molecule has 2 aliphatic heterocycles. The highest BCUT2D eigenvalue weighted by Gasteiger charge is 2.51. The Labute approximate surface area is 492 Å². The average molecular weight is 1140 g/mol. The quantitative estimate of drug-likeness (QED) is 0.0205. The van der Waals surface area contributed by atoms with Crippen LogP contribution in [0.3, 0.4) is 0 Å². The molecule has 9 N–H and O–H groups in total. The van der Waals surface area contributed by atoms with Crippen LogP contribution in [0.2, 0.25) is 0 Å². The first kappa shape index (κ1) is 73.5. The second-order valence-corrected chi connectivity index (χ2v) is 20.4. The summed E-state index contributed by atoms with van der Waals surface area (Å²) in [6.07, 6.45) is 63.2. The van der Waals surface area contributed by atoms with E-state index in [0.29, 0.717) is 12.8 Å². The summed E-state index contributed by atoms with van der Waals surface area (Å²) >= 11 is 0. The molecule has 0 aromatic carbocycles. The zero-order chi connectivity index (χ0) is 59.5. The second kappa shape index (κ2) is 50.8. The first-order chi connectivity index (χ1) is 40.1. The zero-order valence-corrected chi connectivity index (χ0v) is 49.4. The number of carbonyl (C=O) groups excluding carboxylic acids is 1. The van der Waals surface area contributed by atoms with Gasteiger partial charge in [0.2, 0.25) is 5.91 Å². The molecule has 0 aromatic rings. The molecule has 2 aliphatic rings. The molecule has 0 aromatic heterocycles. The fourth-order valence-electron chi connectivity index (χ4n) is 8.53. The van der Waals surface area contributed by atoms with E-state index in [1.54, 1.807) is 6.08 Å². The fourth-order valence-corrected chi connectivity index (χ4v) is 8.53. The van der Waals surface area contributed by atoms with Crippen LogP contribution >= 0.6 is 0 Å². The van der Waals surface area contributed by atoms with E-state index in [0.717, 1.165) is 122 Å². The van der Waals surface area contributed by atoms with Crippen molar-refractivity contribution in [3.63, 3.8) is 0 Å². The van der Waals surface area contributed by atoms with Gasteiger partial charge in [-0.1, -0.05) is 203 Å². The number of amides is 1. The number of nitrogens with one attached hydrogen (secondary N) is 1. The predicted octanol–water partition coefficient (Wildman–Crippen LogP) is 10.9. The summed E-state index contributed by atoms with van der Waals surface area (Å²) in [7, 11) is 0. The van der Waals surface area contributed by atoms with Crippen LogP contribution < -0.4 is 5.32 Å². The first-order valence-corrected chi connectivity index (χ1v) is 30.4. The van der Waals surface area contributed by atoms with Gasteiger partial charge in [-0.2, -0.15) is 0 Å². The van der Waals surface area contributed by atoms with Gasteiger partial charge < -0.3 is 65.1 Å². The number of carbonyl (C=O) groups is 1. The molecule has 0 radical (unpaired) electrons. The van der Waals surface area contributed by atoms with Crippen molar-refractivity contribution in [1.82, 2.24) is 5.32 Å². The molecule has 460 valence electrons. The minimum Gasteiger partial charge on any atom is -0.394 e. The first-order valence-electron chi connectivity index (χ1n) is 30.4. The molecule has 0 bridgehead atoms. The second-order valence-electron chi connectivity index (χ2n) is 20.4.